The van der Waals surface area contributed by atoms with Crippen LogP contribution in [0.15, 0.2) is 64.3 Å². The number of hydrogen-bond acceptors (Lipinski definition) is 9. The molecule has 0 atom stereocenters. The fourth-order valence-electron chi connectivity index (χ4n) is 3.40. The number of anilines is 4. The lowest BCUT2D eigenvalue weighted by Gasteiger charge is -2.27. The molecule has 3 heterocycles. The Morgan fingerprint density at radius 1 is 0.969 bits per heavy atom. The first kappa shape index (κ1) is 20.0. The summed E-state index contributed by atoms with van der Waals surface area (Å²) in [4.78, 5) is 15.7. The highest BCUT2D eigenvalue weighted by atomic mass is 16.5. The van der Waals surface area contributed by atoms with Gasteiger partial charge in [-0.2, -0.15) is 20.1 Å². The number of aromatic nitrogens is 3. The highest BCUT2D eigenvalue weighted by Gasteiger charge is 2.16. The van der Waals surface area contributed by atoms with E-state index in [4.69, 9.17) is 9.15 Å². The number of hydrogen-bond donors (Lipinski definition) is 2. The van der Waals surface area contributed by atoms with Crippen molar-refractivity contribution in [1.29, 1.82) is 0 Å². The maximum atomic E-state index is 5.56. The van der Waals surface area contributed by atoms with E-state index >= 15 is 0 Å². The number of aryl methyl sites for hydroxylation is 1. The first-order valence-corrected chi connectivity index (χ1v) is 10.4. The first-order valence-electron chi connectivity index (χ1n) is 10.4. The van der Waals surface area contributed by atoms with Crippen LogP contribution >= 0.6 is 0 Å². The van der Waals surface area contributed by atoms with Gasteiger partial charge in [-0.1, -0.05) is 35.9 Å². The summed E-state index contributed by atoms with van der Waals surface area (Å²) >= 11 is 0. The maximum Gasteiger partial charge on any atom is 0.250 e. The van der Waals surface area contributed by atoms with E-state index in [1.54, 1.807) is 12.5 Å². The number of rotatable bonds is 6. The van der Waals surface area contributed by atoms with Gasteiger partial charge in [-0.05, 0) is 25.1 Å². The molecule has 0 unspecified atom stereocenters. The molecule has 1 aliphatic heterocycles. The predicted octanol–water partition coefficient (Wildman–Crippen LogP) is 3.95. The molecular weight excluding hydrogens is 406 g/mol. The van der Waals surface area contributed by atoms with Crippen molar-refractivity contribution >= 4 is 40.7 Å². The quantitative estimate of drug-likeness (QED) is 0.351. The van der Waals surface area contributed by atoms with E-state index in [9.17, 15) is 0 Å². The third-order valence-electron chi connectivity index (χ3n) is 5.10. The molecular formula is C23H23N7O2. The third kappa shape index (κ3) is 4.52. The van der Waals surface area contributed by atoms with Gasteiger partial charge in [-0.25, -0.2) is 5.43 Å². The first-order chi connectivity index (χ1) is 15.7. The van der Waals surface area contributed by atoms with Crippen molar-refractivity contribution in [2.75, 3.05) is 41.9 Å². The largest absolute Gasteiger partial charge is 0.464 e. The molecule has 1 fully saturated rings. The molecule has 0 amide bonds. The molecule has 0 spiro atoms. The molecule has 0 saturated carbocycles. The van der Waals surface area contributed by atoms with Gasteiger partial charge in [-0.15, -0.1) is 0 Å². The van der Waals surface area contributed by atoms with Gasteiger partial charge in [0.2, 0.25) is 17.8 Å². The fourth-order valence-corrected chi connectivity index (χ4v) is 3.40. The molecule has 0 aliphatic carbocycles. The van der Waals surface area contributed by atoms with Crippen molar-refractivity contribution in [3.63, 3.8) is 0 Å². The van der Waals surface area contributed by atoms with Crippen LogP contribution in [0.2, 0.25) is 0 Å². The van der Waals surface area contributed by atoms with Crippen molar-refractivity contribution < 1.29 is 9.15 Å². The second-order valence-electron chi connectivity index (χ2n) is 7.43. The van der Waals surface area contributed by atoms with Gasteiger partial charge in [0.15, 0.2) is 0 Å². The fraction of sp³-hybridized carbons (Fsp3) is 0.217. The summed E-state index contributed by atoms with van der Waals surface area (Å²) in [6, 6.07) is 15.9. The summed E-state index contributed by atoms with van der Waals surface area (Å²) < 4.78 is 11.0. The molecule has 2 aromatic carbocycles. The summed E-state index contributed by atoms with van der Waals surface area (Å²) in [5, 5.41) is 8.56. The number of furan rings is 1. The van der Waals surface area contributed by atoms with E-state index < -0.39 is 0 Å². The van der Waals surface area contributed by atoms with Crippen molar-refractivity contribution in [2.45, 2.75) is 6.92 Å². The summed E-state index contributed by atoms with van der Waals surface area (Å²) in [6.07, 6.45) is 3.36. The minimum Gasteiger partial charge on any atom is -0.464 e. The third-order valence-corrected chi connectivity index (χ3v) is 5.10. The molecule has 2 aromatic heterocycles. The smallest absolute Gasteiger partial charge is 0.250 e. The normalized spacial score (nSPS) is 14.2. The van der Waals surface area contributed by atoms with Gasteiger partial charge in [0.25, 0.3) is 0 Å². The topological polar surface area (TPSA) is 101 Å². The Labute approximate surface area is 185 Å². The summed E-state index contributed by atoms with van der Waals surface area (Å²) in [7, 11) is 0. The average Bonchev–Trinajstić information content (AvgIpc) is 3.24. The minimum absolute atomic E-state index is 0.347. The molecule has 5 rings (SSSR count). The van der Waals surface area contributed by atoms with E-state index in [2.05, 4.69) is 35.7 Å². The zero-order chi connectivity index (χ0) is 21.8. The van der Waals surface area contributed by atoms with E-state index in [-0.39, 0.29) is 0 Å². The van der Waals surface area contributed by atoms with Crippen LogP contribution in [0.3, 0.4) is 0 Å². The molecule has 9 heteroatoms. The van der Waals surface area contributed by atoms with E-state index in [1.807, 2.05) is 55.5 Å². The van der Waals surface area contributed by atoms with Gasteiger partial charge in [0, 0.05) is 29.7 Å². The summed E-state index contributed by atoms with van der Waals surface area (Å²) in [5.41, 5.74) is 6.69. The van der Waals surface area contributed by atoms with E-state index in [1.165, 1.54) is 5.56 Å². The Bertz CT molecular complexity index is 1230. The second kappa shape index (κ2) is 9.03. The lowest BCUT2D eigenvalue weighted by atomic mass is 10.2. The number of fused-ring (bicyclic) bond motifs is 1. The van der Waals surface area contributed by atoms with Crippen LogP contribution in [-0.4, -0.2) is 47.5 Å². The van der Waals surface area contributed by atoms with Crippen molar-refractivity contribution in [3.05, 3.63) is 65.9 Å². The van der Waals surface area contributed by atoms with Gasteiger partial charge < -0.3 is 19.4 Å². The van der Waals surface area contributed by atoms with Crippen LogP contribution in [0.5, 0.6) is 0 Å². The lowest BCUT2D eigenvalue weighted by Crippen LogP contribution is -2.37. The van der Waals surface area contributed by atoms with Crippen molar-refractivity contribution in [1.82, 2.24) is 15.0 Å². The number of para-hydroxylation sites is 1. The van der Waals surface area contributed by atoms with Crippen molar-refractivity contribution in [2.24, 2.45) is 5.10 Å². The second-order valence-corrected chi connectivity index (χ2v) is 7.43. The number of benzene rings is 2. The molecule has 1 saturated heterocycles. The Morgan fingerprint density at radius 3 is 2.59 bits per heavy atom. The van der Waals surface area contributed by atoms with Crippen LogP contribution in [-0.2, 0) is 4.74 Å². The number of nitrogens with one attached hydrogen (secondary N) is 2. The highest BCUT2D eigenvalue weighted by molar-refractivity contribution is 5.97. The number of morpholine rings is 1. The van der Waals surface area contributed by atoms with E-state index in [0.717, 1.165) is 35.3 Å². The highest BCUT2D eigenvalue weighted by Crippen LogP contribution is 2.20. The Morgan fingerprint density at radius 2 is 1.75 bits per heavy atom. The molecule has 0 bridgehead atoms. The number of nitrogens with zero attached hydrogens (tertiary/aromatic N) is 5. The Kier molecular flexibility index (Phi) is 5.63. The number of ether oxygens (including phenoxy) is 1. The minimum atomic E-state index is 0.347. The van der Waals surface area contributed by atoms with Crippen molar-refractivity contribution in [3.8, 4) is 0 Å². The maximum absolute atomic E-state index is 5.56. The van der Waals surface area contributed by atoms with Crippen LogP contribution in [0.4, 0.5) is 23.5 Å². The zero-order valence-electron chi connectivity index (χ0n) is 17.7. The van der Waals surface area contributed by atoms with Gasteiger partial charge in [-0.3, -0.25) is 0 Å². The number of hydrazone groups is 1. The molecule has 1 aliphatic rings. The molecule has 4 aromatic rings. The molecule has 0 radical (unpaired) electrons. The monoisotopic (exact) mass is 429 g/mol. The zero-order valence-corrected chi connectivity index (χ0v) is 17.7. The standard InChI is InChI=1S/C23H23N7O2/c1-16-6-8-18(9-7-16)25-21-26-22(28-23(27-21)30-10-12-31-13-11-30)29-24-14-17-15-32-20-5-3-2-4-19(17)20/h2-9,14-15H,10-13H2,1H3,(H2,25,26,27,28,29). The Hall–Kier alpha value is -3.98. The predicted molar refractivity (Wildman–Crippen MR) is 125 cm³/mol. The lowest BCUT2D eigenvalue weighted by molar-refractivity contribution is 0.122. The van der Waals surface area contributed by atoms with Crippen LogP contribution in [0, 0.1) is 6.92 Å². The van der Waals surface area contributed by atoms with E-state index in [0.29, 0.717) is 31.1 Å². The van der Waals surface area contributed by atoms with Gasteiger partial charge in [0.05, 0.1) is 19.4 Å². The molecule has 162 valence electrons. The van der Waals surface area contributed by atoms with Crippen LogP contribution < -0.4 is 15.6 Å². The van der Waals surface area contributed by atoms with Gasteiger partial charge >= 0.3 is 0 Å². The summed E-state index contributed by atoms with van der Waals surface area (Å²) in [5.74, 6) is 1.36. The SMILES string of the molecule is Cc1ccc(Nc2nc(NN=Cc3coc4ccccc34)nc(N3CCOCC3)n2)cc1. The van der Waals surface area contributed by atoms with Crippen LogP contribution in [0.1, 0.15) is 11.1 Å². The van der Waals surface area contributed by atoms with Gasteiger partial charge in [0.1, 0.15) is 11.8 Å². The molecule has 2 N–H and O–H groups in total. The summed E-state index contributed by atoms with van der Waals surface area (Å²) in [6.45, 7) is 4.77. The Balaban J connectivity index is 1.40. The van der Waals surface area contributed by atoms with Crippen LogP contribution in [0.25, 0.3) is 11.0 Å². The average molecular weight is 429 g/mol. The molecule has 9 nitrogen and oxygen atoms in total. The molecule has 32 heavy (non-hydrogen) atoms.